The quantitative estimate of drug-likeness (QED) is 0.404. The van der Waals surface area contributed by atoms with Crippen LogP contribution in [-0.4, -0.2) is 21.2 Å². The Hall–Kier alpha value is -4.00. The highest BCUT2D eigenvalue weighted by Gasteiger charge is 2.17. The Labute approximate surface area is 182 Å². The van der Waals surface area contributed by atoms with E-state index in [2.05, 4.69) is 4.98 Å². The first-order chi connectivity index (χ1) is 15.5. The summed E-state index contributed by atoms with van der Waals surface area (Å²) in [5.41, 5.74) is 2.97. The lowest BCUT2D eigenvalue weighted by molar-refractivity contribution is 0.414. The minimum Gasteiger partial charge on any atom is -0.497 e. The summed E-state index contributed by atoms with van der Waals surface area (Å²) in [5.74, 6) is -0.0356. The predicted octanol–water partition coefficient (Wildman–Crippen LogP) is 4.73. The van der Waals surface area contributed by atoms with Gasteiger partial charge in [-0.1, -0.05) is 24.3 Å². The zero-order chi connectivity index (χ0) is 22.2. The molecule has 160 valence electrons. The van der Waals surface area contributed by atoms with Gasteiger partial charge >= 0.3 is 0 Å². The Morgan fingerprint density at radius 1 is 0.906 bits per heavy atom. The van der Waals surface area contributed by atoms with Crippen LogP contribution < -0.4 is 10.3 Å². The van der Waals surface area contributed by atoms with Crippen LogP contribution in [0, 0.1) is 11.6 Å². The fourth-order valence-corrected chi connectivity index (χ4v) is 3.99. The van der Waals surface area contributed by atoms with E-state index in [4.69, 9.17) is 4.74 Å². The van der Waals surface area contributed by atoms with Crippen molar-refractivity contribution in [3.8, 4) is 5.75 Å². The number of halogens is 2. The first-order valence-electron chi connectivity index (χ1n) is 10.1. The predicted molar refractivity (Wildman–Crippen MR) is 119 cm³/mol. The van der Waals surface area contributed by atoms with Crippen LogP contribution in [0.4, 0.5) is 8.78 Å². The van der Waals surface area contributed by atoms with E-state index in [-0.39, 0.29) is 11.4 Å². The molecule has 0 radical (unpaired) electrons. The highest BCUT2D eigenvalue weighted by Crippen LogP contribution is 2.27. The Kier molecular flexibility index (Phi) is 4.93. The van der Waals surface area contributed by atoms with E-state index >= 15 is 0 Å². The van der Waals surface area contributed by atoms with Crippen LogP contribution >= 0.6 is 0 Å². The highest BCUT2D eigenvalue weighted by atomic mass is 19.1. The van der Waals surface area contributed by atoms with Gasteiger partial charge in [-0.3, -0.25) is 9.36 Å². The second-order valence-corrected chi connectivity index (χ2v) is 7.60. The van der Waals surface area contributed by atoms with Crippen LogP contribution in [0.3, 0.4) is 0 Å². The lowest BCUT2D eigenvalue weighted by atomic mass is 10.2. The van der Waals surface area contributed by atoms with Gasteiger partial charge in [-0.05, 0) is 53.6 Å². The van der Waals surface area contributed by atoms with Crippen LogP contribution in [0.2, 0.25) is 0 Å². The number of fused-ring (bicyclic) bond motifs is 3. The number of benzene rings is 3. The summed E-state index contributed by atoms with van der Waals surface area (Å²) >= 11 is 0. The van der Waals surface area contributed by atoms with Gasteiger partial charge in [-0.2, -0.15) is 0 Å². The molecule has 2 heterocycles. The van der Waals surface area contributed by atoms with Gasteiger partial charge in [0.05, 0.1) is 25.5 Å². The van der Waals surface area contributed by atoms with Gasteiger partial charge in [-0.15, -0.1) is 0 Å². The van der Waals surface area contributed by atoms with Gasteiger partial charge in [0, 0.05) is 11.9 Å². The average molecular weight is 431 g/mol. The Balaban J connectivity index is 1.69. The molecule has 0 bridgehead atoms. The van der Waals surface area contributed by atoms with Crippen molar-refractivity contribution < 1.29 is 13.5 Å². The fourth-order valence-electron chi connectivity index (χ4n) is 3.99. The third-order valence-corrected chi connectivity index (χ3v) is 5.53. The fraction of sp³-hybridized carbons (Fsp3) is 0.120. The van der Waals surface area contributed by atoms with Gasteiger partial charge in [0.25, 0.3) is 5.56 Å². The van der Waals surface area contributed by atoms with Crippen molar-refractivity contribution in [3.05, 3.63) is 106 Å². The number of ether oxygens (including phenoxy) is 1. The first-order valence-corrected chi connectivity index (χ1v) is 10.1. The van der Waals surface area contributed by atoms with Crippen LogP contribution in [0.15, 0.2) is 77.9 Å². The van der Waals surface area contributed by atoms with Gasteiger partial charge < -0.3 is 9.30 Å². The maximum atomic E-state index is 14.0. The molecule has 0 N–H and O–H groups in total. The highest BCUT2D eigenvalue weighted by molar-refractivity contribution is 6.05. The van der Waals surface area contributed by atoms with Gasteiger partial charge in [-0.25, -0.2) is 13.8 Å². The van der Waals surface area contributed by atoms with Gasteiger partial charge in [0.1, 0.15) is 28.4 Å². The average Bonchev–Trinajstić information content (AvgIpc) is 3.10. The lowest BCUT2D eigenvalue weighted by Crippen LogP contribution is -2.23. The van der Waals surface area contributed by atoms with E-state index in [1.165, 1.54) is 35.2 Å². The molecular formula is C25H19F2N3O2. The van der Waals surface area contributed by atoms with Crippen molar-refractivity contribution >= 4 is 21.9 Å². The number of rotatable bonds is 5. The number of hydrogen-bond donors (Lipinski definition) is 0. The van der Waals surface area contributed by atoms with Crippen LogP contribution in [0.5, 0.6) is 5.75 Å². The molecule has 2 aromatic heterocycles. The lowest BCUT2D eigenvalue weighted by Gasteiger charge is -2.10. The van der Waals surface area contributed by atoms with Crippen LogP contribution in [-0.2, 0) is 13.1 Å². The second-order valence-electron chi connectivity index (χ2n) is 7.60. The van der Waals surface area contributed by atoms with Crippen molar-refractivity contribution in [2.45, 2.75) is 13.1 Å². The molecule has 3 aromatic carbocycles. The zero-order valence-corrected chi connectivity index (χ0v) is 17.3. The van der Waals surface area contributed by atoms with Crippen molar-refractivity contribution in [1.29, 1.82) is 0 Å². The van der Waals surface area contributed by atoms with Crippen molar-refractivity contribution in [1.82, 2.24) is 14.1 Å². The summed E-state index contributed by atoms with van der Waals surface area (Å²) in [6, 6.07) is 17.9. The van der Waals surface area contributed by atoms with Crippen molar-refractivity contribution in [2.24, 2.45) is 0 Å². The monoisotopic (exact) mass is 431 g/mol. The molecule has 32 heavy (non-hydrogen) atoms. The standard InChI is InChI=1S/C25H19F2N3O2/c1-32-20-4-2-3-17(11-20)13-29-15-28-23-21-12-19(27)9-10-22(21)30(24(23)25(29)31)14-16-5-7-18(26)8-6-16/h2-12,15H,13-14H2,1H3. The number of nitrogens with zero attached hydrogens (tertiary/aromatic N) is 3. The molecule has 0 spiro atoms. The van der Waals surface area contributed by atoms with E-state index in [1.54, 1.807) is 25.3 Å². The van der Waals surface area contributed by atoms with E-state index < -0.39 is 5.82 Å². The summed E-state index contributed by atoms with van der Waals surface area (Å²) in [6.45, 7) is 0.636. The number of methoxy groups -OCH3 is 1. The smallest absolute Gasteiger partial charge is 0.278 e. The van der Waals surface area contributed by atoms with Crippen LogP contribution in [0.1, 0.15) is 11.1 Å². The molecular weight excluding hydrogens is 412 g/mol. The number of hydrogen-bond acceptors (Lipinski definition) is 3. The minimum atomic E-state index is -0.402. The molecule has 0 atom stereocenters. The molecule has 0 aliphatic carbocycles. The Bertz CT molecular complexity index is 1500. The van der Waals surface area contributed by atoms with Gasteiger partial charge in [0.15, 0.2) is 0 Å². The second kappa shape index (κ2) is 7.92. The molecule has 0 aliphatic heterocycles. The minimum absolute atomic E-state index is 0.239. The first kappa shape index (κ1) is 19.9. The molecule has 7 heteroatoms. The maximum Gasteiger partial charge on any atom is 0.278 e. The van der Waals surface area contributed by atoms with Crippen molar-refractivity contribution in [2.75, 3.05) is 7.11 Å². The summed E-state index contributed by atoms with van der Waals surface area (Å²) < 4.78 is 36.0. The molecule has 0 saturated heterocycles. The third-order valence-electron chi connectivity index (χ3n) is 5.53. The molecule has 5 rings (SSSR count). The van der Waals surface area contributed by atoms with E-state index in [0.717, 1.165) is 11.1 Å². The normalized spacial score (nSPS) is 11.3. The molecule has 0 fully saturated rings. The summed E-state index contributed by atoms with van der Waals surface area (Å²) in [5, 5.41) is 0.563. The SMILES string of the molecule is COc1cccc(Cn2cnc3c4cc(F)ccc4n(Cc4ccc(F)cc4)c3c2=O)c1. The molecule has 0 aliphatic rings. The molecule has 0 unspecified atom stereocenters. The topological polar surface area (TPSA) is 49.0 Å². The van der Waals surface area contributed by atoms with Crippen LogP contribution in [0.25, 0.3) is 21.9 Å². The molecule has 0 saturated carbocycles. The Morgan fingerprint density at radius 2 is 1.69 bits per heavy atom. The number of aromatic nitrogens is 3. The zero-order valence-electron chi connectivity index (χ0n) is 17.3. The maximum absolute atomic E-state index is 14.0. The third kappa shape index (κ3) is 3.51. The molecule has 0 amide bonds. The molecule has 5 nitrogen and oxygen atoms in total. The largest absolute Gasteiger partial charge is 0.497 e. The Morgan fingerprint density at radius 3 is 2.47 bits per heavy atom. The molecule has 5 aromatic rings. The summed E-state index contributed by atoms with van der Waals surface area (Å²) in [6.07, 6.45) is 1.48. The van der Waals surface area contributed by atoms with Gasteiger partial charge in [0.2, 0.25) is 0 Å². The van der Waals surface area contributed by atoms with E-state index in [9.17, 15) is 13.6 Å². The van der Waals surface area contributed by atoms with Crippen molar-refractivity contribution in [3.63, 3.8) is 0 Å². The van der Waals surface area contributed by atoms with E-state index in [1.807, 2.05) is 28.8 Å². The summed E-state index contributed by atoms with van der Waals surface area (Å²) in [7, 11) is 1.59. The summed E-state index contributed by atoms with van der Waals surface area (Å²) in [4.78, 5) is 18.0. The van der Waals surface area contributed by atoms with E-state index in [0.29, 0.717) is 40.8 Å².